The fourth-order valence-electron chi connectivity index (χ4n) is 2.63. The van der Waals surface area contributed by atoms with Crippen LogP contribution in [0.3, 0.4) is 0 Å². The zero-order valence-electron chi connectivity index (χ0n) is 9.43. The summed E-state index contributed by atoms with van der Waals surface area (Å²) in [6.45, 7) is 5.84. The number of hydrogen-bond donors (Lipinski definition) is 0. The highest BCUT2D eigenvalue weighted by Gasteiger charge is 2.61. The molecule has 2 saturated carbocycles. The molecule has 2 nitrogen and oxygen atoms in total. The van der Waals surface area contributed by atoms with Gasteiger partial charge in [0.05, 0.1) is 5.41 Å². The van der Waals surface area contributed by atoms with Gasteiger partial charge in [0.1, 0.15) is 5.60 Å². The molecule has 80 valence electrons. The van der Waals surface area contributed by atoms with E-state index in [0.717, 1.165) is 12.8 Å². The molecule has 0 spiro atoms. The van der Waals surface area contributed by atoms with Gasteiger partial charge in [-0.1, -0.05) is 12.8 Å². The van der Waals surface area contributed by atoms with Crippen molar-refractivity contribution in [1.82, 2.24) is 0 Å². The Morgan fingerprint density at radius 2 is 2.07 bits per heavy atom. The minimum absolute atomic E-state index is 0.0501. The monoisotopic (exact) mass is 196 g/mol. The van der Waals surface area contributed by atoms with Crippen molar-refractivity contribution in [2.24, 2.45) is 11.3 Å². The fourth-order valence-corrected chi connectivity index (χ4v) is 2.63. The molecule has 14 heavy (non-hydrogen) atoms. The smallest absolute Gasteiger partial charge is 0.312 e. The van der Waals surface area contributed by atoms with E-state index in [1.54, 1.807) is 0 Å². The summed E-state index contributed by atoms with van der Waals surface area (Å²) in [4.78, 5) is 12.0. The number of rotatable bonds is 1. The van der Waals surface area contributed by atoms with Gasteiger partial charge in [0.2, 0.25) is 0 Å². The second-order valence-electron chi connectivity index (χ2n) is 5.80. The van der Waals surface area contributed by atoms with Crippen LogP contribution in [0.2, 0.25) is 0 Å². The van der Waals surface area contributed by atoms with Gasteiger partial charge < -0.3 is 4.74 Å². The normalized spacial score (nSPS) is 36.1. The van der Waals surface area contributed by atoms with Gasteiger partial charge in [-0.05, 0) is 46.0 Å². The first kappa shape index (κ1) is 10.0. The first-order valence-electron chi connectivity index (χ1n) is 5.67. The van der Waals surface area contributed by atoms with Crippen molar-refractivity contribution in [3.8, 4) is 0 Å². The third kappa shape index (κ3) is 1.67. The maximum atomic E-state index is 12.0. The Bertz CT molecular complexity index is 252. The molecule has 0 aromatic heterocycles. The zero-order valence-corrected chi connectivity index (χ0v) is 9.43. The average molecular weight is 196 g/mol. The summed E-state index contributed by atoms with van der Waals surface area (Å²) in [7, 11) is 0. The molecule has 0 heterocycles. The number of esters is 1. The Morgan fingerprint density at radius 1 is 1.36 bits per heavy atom. The molecule has 0 N–H and O–H groups in total. The van der Waals surface area contributed by atoms with Gasteiger partial charge in [0.25, 0.3) is 0 Å². The Morgan fingerprint density at radius 3 is 2.64 bits per heavy atom. The first-order valence-corrected chi connectivity index (χ1v) is 5.67. The molecule has 0 bridgehead atoms. The topological polar surface area (TPSA) is 26.3 Å². The van der Waals surface area contributed by atoms with E-state index in [-0.39, 0.29) is 17.0 Å². The maximum absolute atomic E-state index is 12.0. The molecule has 2 aliphatic carbocycles. The van der Waals surface area contributed by atoms with Crippen LogP contribution in [0.15, 0.2) is 0 Å². The Hall–Kier alpha value is -0.530. The highest BCUT2D eigenvalue weighted by Crippen LogP contribution is 2.62. The van der Waals surface area contributed by atoms with E-state index in [1.807, 2.05) is 20.8 Å². The largest absolute Gasteiger partial charge is 0.460 e. The molecule has 0 aromatic carbocycles. The van der Waals surface area contributed by atoms with Gasteiger partial charge >= 0.3 is 5.97 Å². The quantitative estimate of drug-likeness (QED) is 0.603. The number of fused-ring (bicyclic) bond motifs is 1. The standard InChI is InChI=1S/C12H20O2/c1-11(2,3)14-10(13)12-7-5-4-6-9(12)8-12/h9H,4-8H2,1-3H3. The minimum atomic E-state index is -0.323. The number of hydrogen-bond acceptors (Lipinski definition) is 2. The van der Waals surface area contributed by atoms with Gasteiger partial charge in [-0.25, -0.2) is 0 Å². The van der Waals surface area contributed by atoms with Crippen molar-refractivity contribution < 1.29 is 9.53 Å². The number of ether oxygens (including phenoxy) is 1. The summed E-state index contributed by atoms with van der Waals surface area (Å²) in [5.74, 6) is 0.709. The molecule has 2 atom stereocenters. The van der Waals surface area contributed by atoms with Crippen molar-refractivity contribution in [2.45, 2.75) is 58.5 Å². The van der Waals surface area contributed by atoms with Crippen LogP contribution in [0.1, 0.15) is 52.9 Å². The van der Waals surface area contributed by atoms with Crippen LogP contribution >= 0.6 is 0 Å². The SMILES string of the molecule is CC(C)(C)OC(=O)C12CCCCC1C2. The molecule has 2 aliphatic rings. The second kappa shape index (κ2) is 2.98. The lowest BCUT2D eigenvalue weighted by atomic mass is 9.88. The van der Waals surface area contributed by atoms with Crippen molar-refractivity contribution in [2.75, 3.05) is 0 Å². The third-order valence-electron chi connectivity index (χ3n) is 3.46. The summed E-state index contributed by atoms with van der Waals surface area (Å²) >= 11 is 0. The van der Waals surface area contributed by atoms with E-state index in [1.165, 1.54) is 19.3 Å². The Labute approximate surface area is 86.0 Å². The molecule has 2 heteroatoms. The van der Waals surface area contributed by atoms with Crippen LogP contribution in [-0.4, -0.2) is 11.6 Å². The van der Waals surface area contributed by atoms with E-state index in [4.69, 9.17) is 4.74 Å². The van der Waals surface area contributed by atoms with Crippen LogP contribution in [0.5, 0.6) is 0 Å². The second-order valence-corrected chi connectivity index (χ2v) is 5.80. The minimum Gasteiger partial charge on any atom is -0.460 e. The summed E-state index contributed by atoms with van der Waals surface area (Å²) in [6.07, 6.45) is 5.89. The predicted octanol–water partition coefficient (Wildman–Crippen LogP) is 2.91. The molecular weight excluding hydrogens is 176 g/mol. The number of carbonyl (C=O) groups excluding carboxylic acids is 1. The lowest BCUT2D eigenvalue weighted by molar-refractivity contribution is -0.163. The number of carbonyl (C=O) groups is 1. The van der Waals surface area contributed by atoms with Crippen molar-refractivity contribution in [3.05, 3.63) is 0 Å². The molecule has 0 radical (unpaired) electrons. The van der Waals surface area contributed by atoms with Gasteiger partial charge in [-0.2, -0.15) is 0 Å². The van der Waals surface area contributed by atoms with Crippen LogP contribution in [0.4, 0.5) is 0 Å². The third-order valence-corrected chi connectivity index (χ3v) is 3.46. The molecule has 0 aromatic rings. The lowest BCUT2D eigenvalue weighted by Crippen LogP contribution is -2.31. The van der Waals surface area contributed by atoms with Crippen LogP contribution in [-0.2, 0) is 9.53 Å². The van der Waals surface area contributed by atoms with E-state index in [0.29, 0.717) is 5.92 Å². The highest BCUT2D eigenvalue weighted by molar-refractivity contribution is 5.81. The van der Waals surface area contributed by atoms with E-state index < -0.39 is 0 Å². The van der Waals surface area contributed by atoms with Gasteiger partial charge in [0, 0.05) is 0 Å². The Balaban J connectivity index is 1.99. The molecule has 2 fully saturated rings. The lowest BCUT2D eigenvalue weighted by Gasteiger charge is -2.26. The molecule has 0 aliphatic heterocycles. The zero-order chi connectivity index (χ0) is 10.4. The maximum Gasteiger partial charge on any atom is 0.312 e. The molecule has 2 unspecified atom stereocenters. The van der Waals surface area contributed by atoms with Gasteiger partial charge in [0.15, 0.2) is 0 Å². The van der Waals surface area contributed by atoms with Crippen molar-refractivity contribution in [1.29, 1.82) is 0 Å². The first-order chi connectivity index (χ1) is 6.44. The van der Waals surface area contributed by atoms with Crippen molar-refractivity contribution in [3.63, 3.8) is 0 Å². The van der Waals surface area contributed by atoms with Gasteiger partial charge in [-0.3, -0.25) is 4.79 Å². The fraction of sp³-hybridized carbons (Fsp3) is 0.917. The van der Waals surface area contributed by atoms with E-state index in [2.05, 4.69) is 0 Å². The highest BCUT2D eigenvalue weighted by atomic mass is 16.6. The molecule has 0 saturated heterocycles. The molecule has 2 rings (SSSR count). The molecular formula is C12H20O2. The van der Waals surface area contributed by atoms with Crippen molar-refractivity contribution >= 4 is 5.97 Å². The average Bonchev–Trinajstić information content (AvgIpc) is 2.75. The predicted molar refractivity (Wildman–Crippen MR) is 54.9 cm³/mol. The summed E-state index contributed by atoms with van der Waals surface area (Å²) in [5.41, 5.74) is -0.373. The van der Waals surface area contributed by atoms with Crippen LogP contribution < -0.4 is 0 Å². The van der Waals surface area contributed by atoms with Gasteiger partial charge in [-0.15, -0.1) is 0 Å². The summed E-state index contributed by atoms with van der Waals surface area (Å²) < 4.78 is 5.48. The summed E-state index contributed by atoms with van der Waals surface area (Å²) in [5, 5.41) is 0. The van der Waals surface area contributed by atoms with E-state index in [9.17, 15) is 4.79 Å². The summed E-state index contributed by atoms with van der Waals surface area (Å²) in [6, 6.07) is 0. The Kier molecular flexibility index (Phi) is 2.13. The van der Waals surface area contributed by atoms with E-state index >= 15 is 0 Å². The van der Waals surface area contributed by atoms with Crippen LogP contribution in [0, 0.1) is 11.3 Å². The van der Waals surface area contributed by atoms with Crippen LogP contribution in [0.25, 0.3) is 0 Å². The molecule has 0 amide bonds.